The lowest BCUT2D eigenvalue weighted by Crippen LogP contribution is -2.14. The standard InChI is InChI=1S/C10H12N4O2S/c1-7-6-10(13-12-7)14-17(15,16)9-5-3-2-4-8(9)11/h2-6H,11H2,1H3,(H2,12,13,14). The fourth-order valence-corrected chi connectivity index (χ4v) is 2.51. The first-order chi connectivity index (χ1) is 7.99. The minimum Gasteiger partial charge on any atom is -0.398 e. The van der Waals surface area contributed by atoms with Crippen molar-refractivity contribution in [2.24, 2.45) is 0 Å². The number of hydrogen-bond acceptors (Lipinski definition) is 4. The van der Waals surface area contributed by atoms with Crippen LogP contribution < -0.4 is 10.5 Å². The molecule has 7 heteroatoms. The lowest BCUT2D eigenvalue weighted by Gasteiger charge is -2.07. The van der Waals surface area contributed by atoms with Crippen LogP contribution in [0.15, 0.2) is 35.2 Å². The lowest BCUT2D eigenvalue weighted by molar-refractivity contribution is 0.601. The highest BCUT2D eigenvalue weighted by atomic mass is 32.2. The van der Waals surface area contributed by atoms with E-state index in [-0.39, 0.29) is 16.4 Å². The molecule has 4 N–H and O–H groups in total. The van der Waals surface area contributed by atoms with Gasteiger partial charge in [0.25, 0.3) is 10.0 Å². The van der Waals surface area contributed by atoms with Gasteiger partial charge in [-0.25, -0.2) is 8.42 Å². The Morgan fingerprint density at radius 1 is 1.35 bits per heavy atom. The number of para-hydroxylation sites is 1. The van der Waals surface area contributed by atoms with Crippen LogP contribution in [0.1, 0.15) is 5.69 Å². The molecular formula is C10H12N4O2S. The fraction of sp³-hybridized carbons (Fsp3) is 0.100. The van der Waals surface area contributed by atoms with Crippen molar-refractivity contribution in [3.63, 3.8) is 0 Å². The van der Waals surface area contributed by atoms with Gasteiger partial charge in [0.1, 0.15) is 4.90 Å². The van der Waals surface area contributed by atoms with Crippen molar-refractivity contribution in [2.75, 3.05) is 10.5 Å². The number of anilines is 2. The Balaban J connectivity index is 2.35. The number of sulfonamides is 1. The molecule has 2 aromatic rings. The zero-order chi connectivity index (χ0) is 12.5. The van der Waals surface area contributed by atoms with Gasteiger partial charge < -0.3 is 5.73 Å². The van der Waals surface area contributed by atoms with Gasteiger partial charge in [0.15, 0.2) is 5.82 Å². The van der Waals surface area contributed by atoms with Crippen LogP contribution in [0.2, 0.25) is 0 Å². The summed E-state index contributed by atoms with van der Waals surface area (Å²) in [5.41, 5.74) is 6.59. The predicted octanol–water partition coefficient (Wildman–Crippen LogP) is 1.10. The molecule has 0 saturated heterocycles. The number of hydrogen-bond donors (Lipinski definition) is 3. The number of nitrogens with one attached hydrogen (secondary N) is 2. The molecule has 0 aliphatic heterocycles. The van der Waals surface area contributed by atoms with E-state index in [1.54, 1.807) is 25.1 Å². The van der Waals surface area contributed by atoms with E-state index in [0.717, 1.165) is 5.69 Å². The van der Waals surface area contributed by atoms with Crippen molar-refractivity contribution in [2.45, 2.75) is 11.8 Å². The molecule has 0 radical (unpaired) electrons. The first kappa shape index (κ1) is 11.5. The Hall–Kier alpha value is -2.02. The topological polar surface area (TPSA) is 101 Å². The van der Waals surface area contributed by atoms with E-state index in [2.05, 4.69) is 14.9 Å². The van der Waals surface area contributed by atoms with Gasteiger partial charge >= 0.3 is 0 Å². The summed E-state index contributed by atoms with van der Waals surface area (Å²) in [6.45, 7) is 1.78. The second kappa shape index (κ2) is 4.10. The summed E-state index contributed by atoms with van der Waals surface area (Å²) in [4.78, 5) is 0.0423. The third-order valence-electron chi connectivity index (χ3n) is 2.15. The van der Waals surface area contributed by atoms with Crippen LogP contribution in [0, 0.1) is 6.92 Å². The lowest BCUT2D eigenvalue weighted by atomic mass is 10.3. The number of nitrogen functional groups attached to an aromatic ring is 1. The monoisotopic (exact) mass is 252 g/mol. The van der Waals surface area contributed by atoms with Crippen molar-refractivity contribution in [3.8, 4) is 0 Å². The van der Waals surface area contributed by atoms with Crippen molar-refractivity contribution in [1.82, 2.24) is 10.2 Å². The minimum absolute atomic E-state index is 0.0423. The smallest absolute Gasteiger partial charge is 0.265 e. The maximum absolute atomic E-state index is 12.0. The molecular weight excluding hydrogens is 240 g/mol. The van der Waals surface area contributed by atoms with Gasteiger partial charge in [-0.3, -0.25) is 9.82 Å². The Kier molecular flexibility index (Phi) is 2.76. The summed E-state index contributed by atoms with van der Waals surface area (Å²) in [7, 11) is -3.69. The number of benzene rings is 1. The molecule has 0 aliphatic rings. The van der Waals surface area contributed by atoms with Crippen LogP contribution in [-0.4, -0.2) is 18.6 Å². The third-order valence-corrected chi connectivity index (χ3v) is 3.58. The van der Waals surface area contributed by atoms with E-state index in [4.69, 9.17) is 5.73 Å². The summed E-state index contributed by atoms with van der Waals surface area (Å²) >= 11 is 0. The highest BCUT2D eigenvalue weighted by molar-refractivity contribution is 7.92. The quantitative estimate of drug-likeness (QED) is 0.712. The molecule has 1 aromatic heterocycles. The molecule has 6 nitrogen and oxygen atoms in total. The van der Waals surface area contributed by atoms with E-state index >= 15 is 0 Å². The number of nitrogens with zero attached hydrogens (tertiary/aromatic N) is 1. The minimum atomic E-state index is -3.69. The maximum atomic E-state index is 12.0. The van der Waals surface area contributed by atoms with Gasteiger partial charge in [-0.15, -0.1) is 0 Å². The average molecular weight is 252 g/mol. The number of nitrogens with two attached hydrogens (primary N) is 1. The summed E-state index contributed by atoms with van der Waals surface area (Å²) in [5, 5.41) is 6.45. The highest BCUT2D eigenvalue weighted by Gasteiger charge is 2.17. The SMILES string of the molecule is Cc1cc(NS(=O)(=O)c2ccccc2N)n[nH]1. The molecule has 0 spiro atoms. The molecule has 0 amide bonds. The Morgan fingerprint density at radius 2 is 2.06 bits per heavy atom. The van der Waals surface area contributed by atoms with Crippen molar-refractivity contribution in [1.29, 1.82) is 0 Å². The van der Waals surface area contributed by atoms with Crippen LogP contribution in [0.3, 0.4) is 0 Å². The maximum Gasteiger partial charge on any atom is 0.265 e. The predicted molar refractivity (Wildman–Crippen MR) is 65.0 cm³/mol. The molecule has 1 aromatic carbocycles. The number of aryl methyl sites for hydroxylation is 1. The molecule has 0 unspecified atom stereocenters. The van der Waals surface area contributed by atoms with Crippen LogP contribution in [0.4, 0.5) is 11.5 Å². The molecule has 90 valence electrons. The summed E-state index contributed by atoms with van der Waals surface area (Å²) in [6, 6.07) is 7.85. The third kappa shape index (κ3) is 2.39. The summed E-state index contributed by atoms with van der Waals surface area (Å²) in [5.74, 6) is 0.241. The van der Waals surface area contributed by atoms with Crippen LogP contribution in [0.5, 0.6) is 0 Å². The Morgan fingerprint density at radius 3 is 2.65 bits per heavy atom. The first-order valence-corrected chi connectivity index (χ1v) is 6.37. The van der Waals surface area contributed by atoms with Gasteiger partial charge in [0.05, 0.1) is 5.69 Å². The van der Waals surface area contributed by atoms with Crippen LogP contribution >= 0.6 is 0 Å². The number of aromatic nitrogens is 2. The van der Waals surface area contributed by atoms with Gasteiger partial charge in [-0.2, -0.15) is 5.10 Å². The number of rotatable bonds is 3. The van der Waals surface area contributed by atoms with Crippen LogP contribution in [-0.2, 0) is 10.0 Å². The first-order valence-electron chi connectivity index (χ1n) is 4.88. The highest BCUT2D eigenvalue weighted by Crippen LogP contribution is 2.20. The van der Waals surface area contributed by atoms with E-state index in [1.807, 2.05) is 0 Å². The van der Waals surface area contributed by atoms with Gasteiger partial charge in [-0.1, -0.05) is 12.1 Å². The zero-order valence-corrected chi connectivity index (χ0v) is 9.95. The van der Waals surface area contributed by atoms with E-state index in [0.29, 0.717) is 0 Å². The molecule has 17 heavy (non-hydrogen) atoms. The van der Waals surface area contributed by atoms with Gasteiger partial charge in [-0.05, 0) is 19.1 Å². The van der Waals surface area contributed by atoms with E-state index in [1.165, 1.54) is 12.1 Å². The molecule has 0 aliphatic carbocycles. The summed E-state index contributed by atoms with van der Waals surface area (Å²) < 4.78 is 26.3. The fourth-order valence-electron chi connectivity index (χ4n) is 1.39. The van der Waals surface area contributed by atoms with Crippen LogP contribution in [0.25, 0.3) is 0 Å². The molecule has 0 bridgehead atoms. The van der Waals surface area contributed by atoms with Gasteiger partial charge in [0.2, 0.25) is 0 Å². The molecule has 1 heterocycles. The Bertz CT molecular complexity index is 633. The van der Waals surface area contributed by atoms with Crippen molar-refractivity contribution in [3.05, 3.63) is 36.0 Å². The van der Waals surface area contributed by atoms with E-state index < -0.39 is 10.0 Å². The second-order valence-electron chi connectivity index (χ2n) is 3.58. The molecule has 0 saturated carbocycles. The second-order valence-corrected chi connectivity index (χ2v) is 5.23. The van der Waals surface area contributed by atoms with E-state index in [9.17, 15) is 8.42 Å². The normalized spacial score (nSPS) is 11.4. The van der Waals surface area contributed by atoms with Crippen molar-refractivity contribution < 1.29 is 8.42 Å². The molecule has 2 rings (SSSR count). The molecule has 0 fully saturated rings. The Labute approximate surface area is 98.9 Å². The number of H-pyrrole nitrogens is 1. The zero-order valence-electron chi connectivity index (χ0n) is 9.14. The van der Waals surface area contributed by atoms with Crippen molar-refractivity contribution >= 4 is 21.5 Å². The summed E-state index contributed by atoms with van der Waals surface area (Å²) in [6.07, 6.45) is 0. The number of aromatic amines is 1. The van der Waals surface area contributed by atoms with Gasteiger partial charge in [0, 0.05) is 11.8 Å². The largest absolute Gasteiger partial charge is 0.398 e. The average Bonchev–Trinajstić information content (AvgIpc) is 2.63. The molecule has 0 atom stereocenters.